The maximum Gasteiger partial charge on any atom is 0.317 e. The molecule has 0 radical (unpaired) electrons. The lowest BCUT2D eigenvalue weighted by Gasteiger charge is -2.27. The number of carboxylic acid groups (broad SMARTS) is 1. The predicted octanol–water partition coefficient (Wildman–Crippen LogP) is 3.35. The SMILES string of the molecule is CCCC(CCNC(=O)N(C)CC(C)(C)C)CCC(=O)O. The monoisotopic (exact) mass is 300 g/mol. The second kappa shape index (κ2) is 9.64. The summed E-state index contributed by atoms with van der Waals surface area (Å²) >= 11 is 0. The van der Waals surface area contributed by atoms with E-state index in [1.165, 1.54) is 0 Å². The molecular formula is C16H32N2O3. The van der Waals surface area contributed by atoms with Gasteiger partial charge in [-0.3, -0.25) is 4.79 Å². The zero-order chi connectivity index (χ0) is 16.5. The number of nitrogens with zero attached hydrogens (tertiary/aromatic N) is 1. The Balaban J connectivity index is 4.06. The Kier molecular flexibility index (Phi) is 9.06. The fraction of sp³-hybridized carbons (Fsp3) is 0.875. The Morgan fingerprint density at radius 3 is 2.29 bits per heavy atom. The van der Waals surface area contributed by atoms with E-state index in [1.807, 2.05) is 0 Å². The molecule has 5 heteroatoms. The van der Waals surface area contributed by atoms with E-state index in [9.17, 15) is 9.59 Å². The van der Waals surface area contributed by atoms with Crippen molar-refractivity contribution in [1.29, 1.82) is 0 Å². The largest absolute Gasteiger partial charge is 0.481 e. The van der Waals surface area contributed by atoms with Gasteiger partial charge in [0.15, 0.2) is 0 Å². The molecule has 21 heavy (non-hydrogen) atoms. The molecule has 2 amide bonds. The summed E-state index contributed by atoms with van der Waals surface area (Å²) in [6.07, 6.45) is 3.80. The highest BCUT2D eigenvalue weighted by Gasteiger charge is 2.17. The molecule has 0 heterocycles. The molecule has 0 saturated heterocycles. The second-order valence-corrected chi connectivity index (χ2v) is 7.02. The average molecular weight is 300 g/mol. The van der Waals surface area contributed by atoms with Crippen molar-refractivity contribution in [2.75, 3.05) is 20.1 Å². The molecule has 1 unspecified atom stereocenters. The van der Waals surface area contributed by atoms with Crippen molar-refractivity contribution in [2.45, 2.75) is 59.8 Å². The first-order chi connectivity index (χ1) is 9.65. The molecule has 0 rings (SSSR count). The molecule has 0 saturated carbocycles. The fourth-order valence-electron chi connectivity index (χ4n) is 2.47. The molecule has 0 aliphatic carbocycles. The lowest BCUT2D eigenvalue weighted by atomic mass is 9.94. The van der Waals surface area contributed by atoms with E-state index >= 15 is 0 Å². The molecule has 0 aliphatic rings. The smallest absolute Gasteiger partial charge is 0.317 e. The van der Waals surface area contributed by atoms with Crippen molar-refractivity contribution in [1.82, 2.24) is 10.2 Å². The van der Waals surface area contributed by atoms with Gasteiger partial charge in [-0.25, -0.2) is 4.79 Å². The maximum atomic E-state index is 11.9. The van der Waals surface area contributed by atoms with Crippen LogP contribution in [0.25, 0.3) is 0 Å². The first-order valence-electron chi connectivity index (χ1n) is 7.86. The lowest BCUT2D eigenvalue weighted by Crippen LogP contribution is -2.42. The van der Waals surface area contributed by atoms with Crippen LogP contribution in [0.15, 0.2) is 0 Å². The third-order valence-electron chi connectivity index (χ3n) is 3.35. The van der Waals surface area contributed by atoms with Crippen LogP contribution < -0.4 is 5.32 Å². The van der Waals surface area contributed by atoms with E-state index in [1.54, 1.807) is 11.9 Å². The number of carboxylic acids is 1. The number of carbonyl (C=O) groups excluding carboxylic acids is 1. The van der Waals surface area contributed by atoms with Crippen LogP contribution in [0.2, 0.25) is 0 Å². The van der Waals surface area contributed by atoms with Crippen molar-refractivity contribution in [3.63, 3.8) is 0 Å². The summed E-state index contributed by atoms with van der Waals surface area (Å²) in [6.45, 7) is 9.71. The fourth-order valence-corrected chi connectivity index (χ4v) is 2.47. The Bertz CT molecular complexity index is 324. The number of rotatable bonds is 9. The van der Waals surface area contributed by atoms with Gasteiger partial charge in [-0.1, -0.05) is 40.5 Å². The van der Waals surface area contributed by atoms with Gasteiger partial charge in [0, 0.05) is 26.6 Å². The highest BCUT2D eigenvalue weighted by Crippen LogP contribution is 2.17. The van der Waals surface area contributed by atoms with Crippen LogP contribution in [0.4, 0.5) is 4.79 Å². The highest BCUT2D eigenvalue weighted by atomic mass is 16.4. The minimum Gasteiger partial charge on any atom is -0.481 e. The molecule has 1 atom stereocenters. The lowest BCUT2D eigenvalue weighted by molar-refractivity contribution is -0.137. The predicted molar refractivity (Wildman–Crippen MR) is 85.4 cm³/mol. The van der Waals surface area contributed by atoms with Crippen molar-refractivity contribution < 1.29 is 14.7 Å². The van der Waals surface area contributed by atoms with Gasteiger partial charge < -0.3 is 15.3 Å². The molecule has 0 spiro atoms. The summed E-state index contributed by atoms with van der Waals surface area (Å²) in [5, 5.41) is 11.7. The molecular weight excluding hydrogens is 268 g/mol. The molecule has 0 aliphatic heterocycles. The Hall–Kier alpha value is -1.26. The summed E-state index contributed by atoms with van der Waals surface area (Å²) < 4.78 is 0. The van der Waals surface area contributed by atoms with Crippen molar-refractivity contribution in [2.24, 2.45) is 11.3 Å². The molecule has 2 N–H and O–H groups in total. The first-order valence-corrected chi connectivity index (χ1v) is 7.86. The molecule has 0 fully saturated rings. The normalized spacial score (nSPS) is 12.8. The number of hydrogen-bond acceptors (Lipinski definition) is 2. The van der Waals surface area contributed by atoms with Gasteiger partial charge in [-0.05, 0) is 24.2 Å². The van der Waals surface area contributed by atoms with Gasteiger partial charge in [-0.15, -0.1) is 0 Å². The quantitative estimate of drug-likeness (QED) is 0.686. The van der Waals surface area contributed by atoms with Crippen LogP contribution in [0, 0.1) is 11.3 Å². The molecule has 124 valence electrons. The summed E-state index contributed by atoms with van der Waals surface area (Å²) in [5.41, 5.74) is 0.0817. The van der Waals surface area contributed by atoms with Crippen LogP contribution >= 0.6 is 0 Å². The van der Waals surface area contributed by atoms with E-state index in [4.69, 9.17) is 5.11 Å². The minimum absolute atomic E-state index is 0.0570. The number of aliphatic carboxylic acids is 1. The average Bonchev–Trinajstić information content (AvgIpc) is 2.33. The molecule has 0 aromatic carbocycles. The molecule has 0 aromatic rings. The van der Waals surface area contributed by atoms with Gasteiger partial charge in [-0.2, -0.15) is 0 Å². The Morgan fingerprint density at radius 1 is 1.19 bits per heavy atom. The summed E-state index contributed by atoms with van der Waals surface area (Å²) in [4.78, 5) is 24.3. The number of nitrogens with one attached hydrogen (secondary N) is 1. The van der Waals surface area contributed by atoms with Crippen molar-refractivity contribution >= 4 is 12.0 Å². The Labute approximate surface area is 129 Å². The maximum absolute atomic E-state index is 11.9. The van der Waals surface area contributed by atoms with E-state index in [0.717, 1.165) is 19.3 Å². The number of amides is 2. The summed E-state index contributed by atoms with van der Waals surface area (Å²) in [5.74, 6) is -0.371. The third kappa shape index (κ3) is 11.1. The number of urea groups is 1. The minimum atomic E-state index is -0.745. The molecule has 5 nitrogen and oxygen atoms in total. The van der Waals surface area contributed by atoms with E-state index in [2.05, 4.69) is 33.0 Å². The van der Waals surface area contributed by atoms with Gasteiger partial charge >= 0.3 is 12.0 Å². The van der Waals surface area contributed by atoms with Gasteiger partial charge in [0.2, 0.25) is 0 Å². The summed E-state index contributed by atoms with van der Waals surface area (Å²) in [6, 6.07) is -0.0570. The zero-order valence-corrected chi connectivity index (χ0v) is 14.2. The summed E-state index contributed by atoms with van der Waals surface area (Å²) in [7, 11) is 1.80. The number of carbonyl (C=O) groups is 2. The topological polar surface area (TPSA) is 69.6 Å². The zero-order valence-electron chi connectivity index (χ0n) is 14.2. The molecule has 0 aromatic heterocycles. The number of hydrogen-bond donors (Lipinski definition) is 2. The van der Waals surface area contributed by atoms with Crippen LogP contribution in [-0.4, -0.2) is 42.1 Å². The van der Waals surface area contributed by atoms with Crippen LogP contribution in [-0.2, 0) is 4.79 Å². The Morgan fingerprint density at radius 2 is 1.81 bits per heavy atom. The van der Waals surface area contributed by atoms with Crippen LogP contribution in [0.5, 0.6) is 0 Å². The first kappa shape index (κ1) is 19.7. The standard InChI is InChI=1S/C16H32N2O3/c1-6-7-13(8-9-14(19)20)10-11-17-15(21)18(5)12-16(2,3)4/h13H,6-12H2,1-5H3,(H,17,21)(H,19,20). The van der Waals surface area contributed by atoms with Gasteiger partial charge in [0.25, 0.3) is 0 Å². The van der Waals surface area contributed by atoms with E-state index in [0.29, 0.717) is 25.4 Å². The van der Waals surface area contributed by atoms with Gasteiger partial charge in [0.05, 0.1) is 0 Å². The van der Waals surface area contributed by atoms with E-state index < -0.39 is 5.97 Å². The highest BCUT2D eigenvalue weighted by molar-refractivity contribution is 5.73. The van der Waals surface area contributed by atoms with Crippen molar-refractivity contribution in [3.05, 3.63) is 0 Å². The van der Waals surface area contributed by atoms with Crippen LogP contribution in [0.3, 0.4) is 0 Å². The second-order valence-electron chi connectivity index (χ2n) is 7.02. The third-order valence-corrected chi connectivity index (χ3v) is 3.35. The molecule has 0 bridgehead atoms. The van der Waals surface area contributed by atoms with Crippen LogP contribution in [0.1, 0.15) is 59.8 Å². The van der Waals surface area contributed by atoms with E-state index in [-0.39, 0.29) is 17.9 Å². The van der Waals surface area contributed by atoms with Gasteiger partial charge in [0.1, 0.15) is 0 Å². The van der Waals surface area contributed by atoms with Crippen molar-refractivity contribution in [3.8, 4) is 0 Å².